The number of ether oxygens (including phenoxy) is 1. The van der Waals surface area contributed by atoms with E-state index in [1.54, 1.807) is 0 Å². The van der Waals surface area contributed by atoms with Crippen molar-refractivity contribution in [2.45, 2.75) is 37.7 Å². The first-order valence-corrected chi connectivity index (χ1v) is 9.37. The molecule has 0 spiro atoms. The maximum atomic E-state index is 6.31. The van der Waals surface area contributed by atoms with Crippen LogP contribution in [-0.4, -0.2) is 59.4 Å². The molecular formula is C19H27N5O. The number of hydrogen-bond acceptors (Lipinski definition) is 5. The van der Waals surface area contributed by atoms with E-state index < -0.39 is 0 Å². The number of likely N-dealkylation sites (tertiary alicyclic amines) is 1. The molecular weight excluding hydrogens is 314 g/mol. The summed E-state index contributed by atoms with van der Waals surface area (Å²) in [6.07, 6.45) is 4.76. The van der Waals surface area contributed by atoms with E-state index in [0.29, 0.717) is 5.92 Å². The molecule has 0 bridgehead atoms. The van der Waals surface area contributed by atoms with E-state index in [4.69, 9.17) is 9.72 Å². The number of piperidine rings is 2. The molecule has 25 heavy (non-hydrogen) atoms. The van der Waals surface area contributed by atoms with Crippen LogP contribution >= 0.6 is 0 Å². The summed E-state index contributed by atoms with van der Waals surface area (Å²) in [7, 11) is 2.17. The molecule has 3 heterocycles. The van der Waals surface area contributed by atoms with Gasteiger partial charge in [-0.05, 0) is 51.4 Å². The molecule has 0 radical (unpaired) electrons. The minimum Gasteiger partial charge on any atom is -0.490 e. The molecule has 2 N–H and O–H groups in total. The third-order valence-electron chi connectivity index (χ3n) is 5.27. The predicted molar refractivity (Wildman–Crippen MR) is 97.8 cm³/mol. The summed E-state index contributed by atoms with van der Waals surface area (Å²) in [5.41, 5.74) is 0.979. The van der Waals surface area contributed by atoms with Gasteiger partial charge in [-0.2, -0.15) is 5.10 Å². The Balaban J connectivity index is 1.51. The quantitative estimate of drug-likeness (QED) is 0.894. The SMILES string of the molecule is CN1CCC(Oc2ccccc2-c2n[nH]c(C3CCCNC3)n2)CC1. The van der Waals surface area contributed by atoms with Crippen LogP contribution in [-0.2, 0) is 0 Å². The highest BCUT2D eigenvalue weighted by Gasteiger charge is 2.22. The second-order valence-electron chi connectivity index (χ2n) is 7.20. The molecule has 2 saturated heterocycles. The molecule has 0 amide bonds. The van der Waals surface area contributed by atoms with Crippen molar-refractivity contribution in [1.82, 2.24) is 25.4 Å². The monoisotopic (exact) mass is 341 g/mol. The Kier molecular flexibility index (Phi) is 4.99. The molecule has 4 rings (SSSR count). The number of aromatic nitrogens is 3. The lowest BCUT2D eigenvalue weighted by molar-refractivity contribution is 0.115. The molecule has 2 fully saturated rings. The normalized spacial score (nSPS) is 22.8. The van der Waals surface area contributed by atoms with E-state index in [0.717, 1.165) is 68.4 Å². The zero-order chi connectivity index (χ0) is 17.1. The Bertz CT molecular complexity index is 687. The van der Waals surface area contributed by atoms with Gasteiger partial charge in [-0.15, -0.1) is 0 Å². The van der Waals surface area contributed by atoms with Crippen LogP contribution in [0.3, 0.4) is 0 Å². The first-order chi connectivity index (χ1) is 12.3. The molecule has 1 aromatic carbocycles. The third-order valence-corrected chi connectivity index (χ3v) is 5.27. The summed E-state index contributed by atoms with van der Waals surface area (Å²) in [6.45, 7) is 4.26. The Hall–Kier alpha value is -1.92. The number of rotatable bonds is 4. The average molecular weight is 341 g/mol. The zero-order valence-electron chi connectivity index (χ0n) is 14.9. The number of nitrogens with one attached hydrogen (secondary N) is 2. The van der Waals surface area contributed by atoms with Crippen molar-refractivity contribution in [2.75, 3.05) is 33.2 Å². The number of aromatic amines is 1. The lowest BCUT2D eigenvalue weighted by Gasteiger charge is -2.29. The highest BCUT2D eigenvalue weighted by Crippen LogP contribution is 2.31. The van der Waals surface area contributed by atoms with Crippen LogP contribution in [0.2, 0.25) is 0 Å². The van der Waals surface area contributed by atoms with Crippen molar-refractivity contribution in [1.29, 1.82) is 0 Å². The van der Waals surface area contributed by atoms with Crippen LogP contribution in [0.15, 0.2) is 24.3 Å². The Morgan fingerprint density at radius 3 is 2.80 bits per heavy atom. The van der Waals surface area contributed by atoms with Crippen LogP contribution in [0, 0.1) is 0 Å². The second kappa shape index (κ2) is 7.54. The van der Waals surface area contributed by atoms with Gasteiger partial charge in [0.15, 0.2) is 5.82 Å². The Morgan fingerprint density at radius 2 is 2.00 bits per heavy atom. The second-order valence-corrected chi connectivity index (χ2v) is 7.20. The summed E-state index contributed by atoms with van der Waals surface area (Å²) in [5, 5.41) is 11.1. The fraction of sp³-hybridized carbons (Fsp3) is 0.579. The highest BCUT2D eigenvalue weighted by atomic mass is 16.5. The van der Waals surface area contributed by atoms with Gasteiger partial charge in [0.2, 0.25) is 0 Å². The van der Waals surface area contributed by atoms with Gasteiger partial charge in [-0.3, -0.25) is 5.10 Å². The molecule has 1 unspecified atom stereocenters. The van der Waals surface area contributed by atoms with Crippen LogP contribution in [0.25, 0.3) is 11.4 Å². The zero-order valence-corrected chi connectivity index (χ0v) is 14.9. The number of hydrogen-bond donors (Lipinski definition) is 2. The first-order valence-electron chi connectivity index (χ1n) is 9.37. The van der Waals surface area contributed by atoms with E-state index in [-0.39, 0.29) is 6.10 Å². The van der Waals surface area contributed by atoms with Crippen molar-refractivity contribution >= 4 is 0 Å². The van der Waals surface area contributed by atoms with E-state index in [1.807, 2.05) is 18.2 Å². The standard InChI is InChI=1S/C19H27N5O/c1-24-11-8-15(9-12-24)25-17-7-3-2-6-16(17)19-21-18(22-23-19)14-5-4-10-20-13-14/h2-3,6-7,14-15,20H,4-5,8-13H2,1H3,(H,21,22,23). The lowest BCUT2D eigenvalue weighted by Crippen LogP contribution is -2.35. The van der Waals surface area contributed by atoms with Gasteiger partial charge < -0.3 is 15.0 Å². The van der Waals surface area contributed by atoms with E-state index in [1.165, 1.54) is 6.42 Å². The number of H-pyrrole nitrogens is 1. The first kappa shape index (κ1) is 16.5. The maximum absolute atomic E-state index is 6.31. The molecule has 6 nitrogen and oxygen atoms in total. The fourth-order valence-electron chi connectivity index (χ4n) is 3.70. The summed E-state index contributed by atoms with van der Waals surface area (Å²) < 4.78 is 6.31. The summed E-state index contributed by atoms with van der Waals surface area (Å²) in [4.78, 5) is 7.13. The molecule has 134 valence electrons. The molecule has 2 aromatic rings. The lowest BCUT2D eigenvalue weighted by atomic mass is 9.99. The van der Waals surface area contributed by atoms with Crippen LogP contribution in [0.4, 0.5) is 0 Å². The summed E-state index contributed by atoms with van der Waals surface area (Å²) in [5.74, 6) is 3.04. The van der Waals surface area contributed by atoms with Crippen LogP contribution < -0.4 is 10.1 Å². The topological polar surface area (TPSA) is 66.1 Å². The minimum atomic E-state index is 0.276. The van der Waals surface area contributed by atoms with Gasteiger partial charge >= 0.3 is 0 Å². The van der Waals surface area contributed by atoms with Gasteiger partial charge in [0, 0.05) is 25.6 Å². The van der Waals surface area contributed by atoms with E-state index >= 15 is 0 Å². The van der Waals surface area contributed by atoms with Crippen molar-refractivity contribution in [3.63, 3.8) is 0 Å². The smallest absolute Gasteiger partial charge is 0.184 e. The van der Waals surface area contributed by atoms with E-state index in [2.05, 4.69) is 33.5 Å². The van der Waals surface area contributed by atoms with Crippen molar-refractivity contribution in [3.8, 4) is 17.1 Å². The maximum Gasteiger partial charge on any atom is 0.184 e. The molecule has 1 aromatic heterocycles. The third kappa shape index (κ3) is 3.85. The van der Waals surface area contributed by atoms with Crippen molar-refractivity contribution < 1.29 is 4.74 Å². The molecule has 2 aliphatic heterocycles. The molecule has 1 atom stereocenters. The molecule has 6 heteroatoms. The Morgan fingerprint density at radius 1 is 1.16 bits per heavy atom. The minimum absolute atomic E-state index is 0.276. The van der Waals surface area contributed by atoms with E-state index in [9.17, 15) is 0 Å². The molecule has 0 saturated carbocycles. The Labute approximate surface area is 149 Å². The average Bonchev–Trinajstić information content (AvgIpc) is 3.15. The molecule has 0 aliphatic carbocycles. The molecule has 2 aliphatic rings. The van der Waals surface area contributed by atoms with Gasteiger partial charge in [0.05, 0.1) is 5.56 Å². The summed E-state index contributed by atoms with van der Waals surface area (Å²) >= 11 is 0. The summed E-state index contributed by atoms with van der Waals surface area (Å²) in [6, 6.07) is 8.13. The van der Waals surface area contributed by atoms with Crippen LogP contribution in [0.5, 0.6) is 5.75 Å². The van der Waals surface area contributed by atoms with Gasteiger partial charge in [0.25, 0.3) is 0 Å². The van der Waals surface area contributed by atoms with Crippen LogP contribution in [0.1, 0.15) is 37.4 Å². The highest BCUT2D eigenvalue weighted by molar-refractivity contribution is 5.63. The number of para-hydroxylation sites is 1. The van der Waals surface area contributed by atoms with Gasteiger partial charge in [-0.25, -0.2) is 4.98 Å². The van der Waals surface area contributed by atoms with Crippen molar-refractivity contribution in [2.24, 2.45) is 0 Å². The largest absolute Gasteiger partial charge is 0.490 e. The predicted octanol–water partition coefficient (Wildman–Crippen LogP) is 2.41. The fourth-order valence-corrected chi connectivity index (χ4v) is 3.70. The number of benzene rings is 1. The number of nitrogens with zero attached hydrogens (tertiary/aromatic N) is 3. The van der Waals surface area contributed by atoms with Gasteiger partial charge in [0.1, 0.15) is 17.7 Å². The van der Waals surface area contributed by atoms with Crippen molar-refractivity contribution in [3.05, 3.63) is 30.1 Å². The van der Waals surface area contributed by atoms with Gasteiger partial charge in [-0.1, -0.05) is 12.1 Å².